The van der Waals surface area contributed by atoms with Crippen LogP contribution in [-0.4, -0.2) is 51.8 Å². The van der Waals surface area contributed by atoms with Gasteiger partial charge in [-0.2, -0.15) is 0 Å². The molecule has 114 valence electrons. The molecule has 0 aromatic heterocycles. The highest BCUT2D eigenvalue weighted by Gasteiger charge is 2.17. The zero-order valence-corrected chi connectivity index (χ0v) is 9.65. The molecular formula is C6H18N6O7. The molecule has 0 aromatic rings. The summed E-state index contributed by atoms with van der Waals surface area (Å²) in [6, 6.07) is 0. The summed E-state index contributed by atoms with van der Waals surface area (Å²) in [4.78, 5) is 19.3. The van der Waals surface area contributed by atoms with E-state index in [9.17, 15) is 19.8 Å². The minimum Gasteiger partial charge on any atom is -0.547 e. The van der Waals surface area contributed by atoms with Gasteiger partial charge in [-0.25, -0.2) is 0 Å². The molecule has 2 unspecified atom stereocenters. The Morgan fingerprint density at radius 2 is 0.947 bits per heavy atom. The van der Waals surface area contributed by atoms with Crippen molar-refractivity contribution in [1.82, 2.24) is 0 Å². The molecule has 0 spiro atoms. The Kier molecular flexibility index (Phi) is 17.9. The number of guanidine groups is 2. The van der Waals surface area contributed by atoms with Gasteiger partial charge < -0.3 is 35.5 Å². The Morgan fingerprint density at radius 1 is 0.842 bits per heavy atom. The molecule has 0 saturated carbocycles. The second-order valence-electron chi connectivity index (χ2n) is 2.53. The molecule has 13 nitrogen and oxygen atoms in total. The molecule has 0 saturated heterocycles. The molecule has 0 amide bonds. The van der Waals surface area contributed by atoms with Crippen LogP contribution in [0.5, 0.6) is 0 Å². The maximum absolute atomic E-state index is 9.63. The summed E-state index contributed by atoms with van der Waals surface area (Å²) in [6.45, 7) is 0. The summed E-state index contributed by atoms with van der Waals surface area (Å²) in [5.74, 6) is -4.28. The van der Waals surface area contributed by atoms with Crippen molar-refractivity contribution >= 4 is 23.9 Å². The van der Waals surface area contributed by atoms with Crippen molar-refractivity contribution in [3.8, 4) is 0 Å². The fraction of sp³-hybridized carbons (Fsp3) is 0.333. The molecule has 0 rings (SSSR count). The Labute approximate surface area is 106 Å². The molecule has 0 fully saturated rings. The minimum atomic E-state index is -2.44. The van der Waals surface area contributed by atoms with Crippen LogP contribution in [0.4, 0.5) is 0 Å². The maximum Gasteiger partial charge on any atom is 0.336 e. The molecule has 16 N–H and O–H groups in total. The highest BCUT2D eigenvalue weighted by molar-refractivity contribution is 5.80. The average molecular weight is 286 g/mol. The lowest BCUT2D eigenvalue weighted by molar-refractivity contribution is -0.333. The standard InChI is InChI=1S/C4H6O6.2CH5N3.H2O/c5-1(3(7)8)2(6)4(9)10;2*2-1(3)4;/h1-2,5-6H,(H,7,8)(H,9,10);2*(H5,2,3,4);1H2. The second kappa shape index (κ2) is 13.4. The van der Waals surface area contributed by atoms with Gasteiger partial charge in [0.1, 0.15) is 12.2 Å². The van der Waals surface area contributed by atoms with Crippen LogP contribution in [0.2, 0.25) is 0 Å². The fourth-order valence-electron chi connectivity index (χ4n) is 0.258. The number of hydrogen-bond acceptors (Lipinski definition) is 6. The third-order valence-electron chi connectivity index (χ3n) is 0.782. The topological polar surface area (TPSA) is 307 Å². The summed E-state index contributed by atoms with van der Waals surface area (Å²) in [7, 11) is 0. The number of nitrogens with two attached hydrogens (primary N) is 6. The van der Waals surface area contributed by atoms with Gasteiger partial charge in [-0.1, -0.05) is 0 Å². The number of rotatable bonds is 3. The molecule has 2 atom stereocenters. The predicted octanol–water partition coefficient (Wildman–Crippen LogP) is -11.6. The Bertz CT molecular complexity index is 270. The van der Waals surface area contributed by atoms with Crippen LogP contribution in [0.25, 0.3) is 0 Å². The number of aliphatic hydroxyl groups excluding tert-OH is 2. The van der Waals surface area contributed by atoms with E-state index in [1.165, 1.54) is 0 Å². The van der Waals surface area contributed by atoms with Crippen molar-refractivity contribution in [2.45, 2.75) is 12.2 Å². The molecule has 19 heavy (non-hydrogen) atoms. The van der Waals surface area contributed by atoms with E-state index in [2.05, 4.69) is 33.8 Å². The van der Waals surface area contributed by atoms with E-state index in [4.69, 9.17) is 10.2 Å². The van der Waals surface area contributed by atoms with Gasteiger partial charge in [-0.3, -0.25) is 33.8 Å². The summed E-state index contributed by atoms with van der Waals surface area (Å²) in [6.07, 6.45) is -4.88. The molecule has 0 aromatic carbocycles. The third kappa shape index (κ3) is 31.3. The van der Waals surface area contributed by atoms with E-state index in [1.807, 2.05) is 0 Å². The van der Waals surface area contributed by atoms with Crippen LogP contribution in [-0.2, 0) is 9.59 Å². The first-order valence-electron chi connectivity index (χ1n) is 3.98. The zero-order chi connectivity index (χ0) is 15.5. The predicted molar refractivity (Wildman–Crippen MR) is 56.3 cm³/mol. The van der Waals surface area contributed by atoms with Crippen molar-refractivity contribution in [3.05, 3.63) is 0 Å². The van der Waals surface area contributed by atoms with Crippen molar-refractivity contribution in [2.75, 3.05) is 0 Å². The van der Waals surface area contributed by atoms with Crippen LogP contribution >= 0.6 is 0 Å². The molecule has 13 heteroatoms. The summed E-state index contributed by atoms with van der Waals surface area (Å²) in [5.41, 5.74) is 18.3. The minimum absolute atomic E-state index is 0. The molecule has 0 radical (unpaired) electrons. The van der Waals surface area contributed by atoms with E-state index in [0.717, 1.165) is 0 Å². The summed E-state index contributed by atoms with van der Waals surface area (Å²) < 4.78 is 0. The monoisotopic (exact) mass is 286 g/mol. The number of carbonyl (C=O) groups excluding carboxylic acids is 2. The highest BCUT2D eigenvalue weighted by atomic mass is 16.4. The first-order chi connectivity index (χ1) is 7.93. The largest absolute Gasteiger partial charge is 0.547 e. The van der Waals surface area contributed by atoms with Crippen LogP contribution < -0.4 is 44.0 Å². The Hall–Kier alpha value is -2.64. The van der Waals surface area contributed by atoms with Crippen molar-refractivity contribution in [1.29, 1.82) is 0 Å². The van der Waals surface area contributed by atoms with Gasteiger partial charge in [0.05, 0.1) is 11.9 Å². The number of carboxylic acid groups (broad SMARTS) is 2. The van der Waals surface area contributed by atoms with Gasteiger partial charge in [0.15, 0.2) is 0 Å². The van der Waals surface area contributed by atoms with E-state index in [0.29, 0.717) is 0 Å². The second-order valence-corrected chi connectivity index (χ2v) is 2.53. The fourth-order valence-corrected chi connectivity index (χ4v) is 0.258. The third-order valence-corrected chi connectivity index (χ3v) is 0.782. The van der Waals surface area contributed by atoms with E-state index < -0.39 is 24.1 Å². The van der Waals surface area contributed by atoms with Gasteiger partial charge in [0.25, 0.3) is 0 Å². The van der Waals surface area contributed by atoms with Gasteiger partial charge in [0, 0.05) is 0 Å². The Morgan fingerprint density at radius 3 is 1.00 bits per heavy atom. The molecule has 0 heterocycles. The average Bonchev–Trinajstić information content (AvgIpc) is 2.13. The number of aliphatic hydroxyl groups is 2. The number of hydrogen-bond donors (Lipinski definition) is 8. The normalized spacial score (nSPS) is 10.8. The van der Waals surface area contributed by atoms with E-state index >= 15 is 0 Å². The SMILES string of the molecule is NC(N)=[NH2+].NC(N)=[NH2+].O.O=C([O-])C(O)C(O)C(=O)[O-]. The quantitative estimate of drug-likeness (QED) is 0.178. The van der Waals surface area contributed by atoms with Crippen molar-refractivity contribution in [3.63, 3.8) is 0 Å². The van der Waals surface area contributed by atoms with E-state index in [1.54, 1.807) is 0 Å². The van der Waals surface area contributed by atoms with Crippen LogP contribution in [0.15, 0.2) is 0 Å². The van der Waals surface area contributed by atoms with Gasteiger partial charge >= 0.3 is 11.9 Å². The highest BCUT2D eigenvalue weighted by Crippen LogP contribution is 1.88. The number of carbonyl (C=O) groups is 2. The molecule has 0 aliphatic carbocycles. The number of aliphatic carboxylic acids is 2. The maximum atomic E-state index is 9.63. The first kappa shape index (κ1) is 25.3. The summed E-state index contributed by atoms with van der Waals surface area (Å²) >= 11 is 0. The van der Waals surface area contributed by atoms with Crippen LogP contribution in [0, 0.1) is 0 Å². The smallest absolute Gasteiger partial charge is 0.336 e. The van der Waals surface area contributed by atoms with Crippen molar-refractivity contribution < 1.29 is 46.3 Å². The number of carboxylic acids is 2. The molecular weight excluding hydrogens is 268 g/mol. The van der Waals surface area contributed by atoms with Gasteiger partial charge in [-0.15, -0.1) is 0 Å². The molecule has 0 aliphatic heterocycles. The van der Waals surface area contributed by atoms with E-state index in [-0.39, 0.29) is 17.4 Å². The lowest BCUT2D eigenvalue weighted by atomic mass is 10.2. The van der Waals surface area contributed by atoms with Crippen LogP contribution in [0.1, 0.15) is 0 Å². The Balaban J connectivity index is -0.000000105. The van der Waals surface area contributed by atoms with Gasteiger partial charge in [0.2, 0.25) is 0 Å². The van der Waals surface area contributed by atoms with Gasteiger partial charge in [-0.05, 0) is 0 Å². The lowest BCUT2D eigenvalue weighted by Crippen LogP contribution is -2.51. The first-order valence-corrected chi connectivity index (χ1v) is 3.98. The zero-order valence-electron chi connectivity index (χ0n) is 9.65. The molecule has 0 aliphatic rings. The molecule has 0 bridgehead atoms. The lowest BCUT2D eigenvalue weighted by Gasteiger charge is -2.18. The van der Waals surface area contributed by atoms with Crippen molar-refractivity contribution in [2.24, 2.45) is 22.9 Å². The van der Waals surface area contributed by atoms with Crippen LogP contribution in [0.3, 0.4) is 0 Å². The summed E-state index contributed by atoms with van der Waals surface area (Å²) in [5, 5.41) is 44.9.